The summed E-state index contributed by atoms with van der Waals surface area (Å²) >= 11 is 0. The molecule has 176 valence electrons. The minimum atomic E-state index is -1.73. The molecule has 2 aliphatic rings. The summed E-state index contributed by atoms with van der Waals surface area (Å²) in [4.78, 5) is 26.4. The number of carbonyl (C=O) groups excluding carboxylic acids is 2. The summed E-state index contributed by atoms with van der Waals surface area (Å²) in [5.74, 6) is -2.65. The molecule has 11 heteroatoms. The van der Waals surface area contributed by atoms with Crippen LogP contribution in [0.25, 0.3) is 0 Å². The van der Waals surface area contributed by atoms with E-state index >= 15 is 0 Å². The van der Waals surface area contributed by atoms with E-state index < -0.39 is 60.4 Å². The van der Waals surface area contributed by atoms with Crippen molar-refractivity contribution in [3.8, 4) is 23.0 Å². The van der Waals surface area contributed by atoms with Gasteiger partial charge < -0.3 is 44.8 Å². The normalized spacial score (nSPS) is 26.5. The summed E-state index contributed by atoms with van der Waals surface area (Å²) in [6.45, 7) is 0.714. The lowest BCUT2D eigenvalue weighted by molar-refractivity contribution is -0.277. The summed E-state index contributed by atoms with van der Waals surface area (Å²) in [5.41, 5.74) is -1.04. The number of phenolic OH excluding ortho intramolecular Hbond substituents is 2. The Kier molecular flexibility index (Phi) is 5.76. The van der Waals surface area contributed by atoms with E-state index in [4.69, 9.17) is 14.2 Å². The zero-order chi connectivity index (χ0) is 24.2. The molecule has 6 N–H and O–H groups in total. The summed E-state index contributed by atoms with van der Waals surface area (Å²) in [7, 11) is 1.29. The Morgan fingerprint density at radius 2 is 1.64 bits per heavy atom. The van der Waals surface area contributed by atoms with Gasteiger partial charge in [-0.15, -0.1) is 0 Å². The maximum atomic E-state index is 13.2. The van der Waals surface area contributed by atoms with Gasteiger partial charge in [-0.1, -0.05) is 0 Å². The molecule has 2 aromatic carbocycles. The number of ether oxygens (including phenoxy) is 3. The van der Waals surface area contributed by atoms with E-state index in [1.807, 2.05) is 0 Å². The fourth-order valence-electron chi connectivity index (χ4n) is 4.02. The van der Waals surface area contributed by atoms with Crippen LogP contribution in [0, 0.1) is 6.92 Å². The molecule has 1 aliphatic carbocycles. The van der Waals surface area contributed by atoms with Crippen LogP contribution in [-0.2, 0) is 4.74 Å². The highest BCUT2D eigenvalue weighted by atomic mass is 16.7. The number of hydrogen-bond acceptors (Lipinski definition) is 11. The average molecular weight is 462 g/mol. The maximum absolute atomic E-state index is 13.2. The Bertz CT molecular complexity index is 1140. The van der Waals surface area contributed by atoms with E-state index in [9.17, 15) is 40.2 Å². The van der Waals surface area contributed by atoms with Crippen molar-refractivity contribution in [1.29, 1.82) is 0 Å². The van der Waals surface area contributed by atoms with Crippen LogP contribution in [0.15, 0.2) is 18.2 Å². The van der Waals surface area contributed by atoms with Gasteiger partial charge in [0.05, 0.1) is 30.4 Å². The van der Waals surface area contributed by atoms with Crippen LogP contribution >= 0.6 is 0 Å². The second-order valence-corrected chi connectivity index (χ2v) is 7.78. The van der Waals surface area contributed by atoms with Crippen LogP contribution in [0.5, 0.6) is 23.0 Å². The van der Waals surface area contributed by atoms with E-state index in [1.165, 1.54) is 26.2 Å². The van der Waals surface area contributed by atoms with Crippen LogP contribution in [0.1, 0.15) is 37.4 Å². The van der Waals surface area contributed by atoms with Gasteiger partial charge in [0.25, 0.3) is 0 Å². The standard InChI is InChI=1S/C22H22O11/c1-7-11(32-22-21(30)20(29)18(27)12(6-23)33-22)5-8-13(16(7)25)19(28)15-10(31-2)4-3-9(24)14(15)17(8)26/h3-5,12,18,20-25,27,29-30H,6H2,1-2H3/t12-,18-,20-,21-,22-/m0/s1. The molecule has 0 bridgehead atoms. The van der Waals surface area contributed by atoms with Crippen molar-refractivity contribution in [2.45, 2.75) is 37.6 Å². The lowest BCUT2D eigenvalue weighted by Crippen LogP contribution is -2.60. The van der Waals surface area contributed by atoms with Crippen LogP contribution < -0.4 is 9.47 Å². The Hall–Kier alpha value is -3.22. The molecule has 1 fully saturated rings. The molecule has 0 aromatic heterocycles. The molecule has 1 saturated heterocycles. The number of aliphatic hydroxyl groups is 4. The summed E-state index contributed by atoms with van der Waals surface area (Å²) in [6, 6.07) is 3.67. The summed E-state index contributed by atoms with van der Waals surface area (Å²) < 4.78 is 16.0. The lowest BCUT2D eigenvalue weighted by Gasteiger charge is -2.39. The Balaban J connectivity index is 1.79. The number of benzene rings is 2. The van der Waals surface area contributed by atoms with Crippen molar-refractivity contribution in [3.63, 3.8) is 0 Å². The first-order chi connectivity index (χ1) is 15.6. The van der Waals surface area contributed by atoms with Crippen molar-refractivity contribution in [3.05, 3.63) is 46.0 Å². The van der Waals surface area contributed by atoms with Gasteiger partial charge in [0, 0.05) is 11.1 Å². The highest BCUT2D eigenvalue weighted by Crippen LogP contribution is 2.44. The molecule has 4 rings (SSSR count). The molecule has 0 radical (unpaired) electrons. The first kappa shape index (κ1) is 23.0. The molecule has 11 nitrogen and oxygen atoms in total. The number of rotatable bonds is 4. The topological polar surface area (TPSA) is 183 Å². The zero-order valence-corrected chi connectivity index (χ0v) is 17.6. The fourth-order valence-corrected chi connectivity index (χ4v) is 4.02. The molecule has 0 unspecified atom stereocenters. The first-order valence-electron chi connectivity index (χ1n) is 9.95. The molecule has 1 aliphatic heterocycles. The van der Waals surface area contributed by atoms with E-state index in [0.29, 0.717) is 0 Å². The van der Waals surface area contributed by atoms with Crippen molar-refractivity contribution < 1.29 is 54.4 Å². The van der Waals surface area contributed by atoms with Crippen molar-refractivity contribution in [2.24, 2.45) is 0 Å². The minimum absolute atomic E-state index is 0.0226. The van der Waals surface area contributed by atoms with Gasteiger partial charge in [-0.2, -0.15) is 0 Å². The largest absolute Gasteiger partial charge is 0.507 e. The van der Waals surface area contributed by atoms with E-state index in [0.717, 1.165) is 6.07 Å². The monoisotopic (exact) mass is 462 g/mol. The van der Waals surface area contributed by atoms with Gasteiger partial charge in [-0.3, -0.25) is 9.59 Å². The third kappa shape index (κ3) is 3.41. The molecule has 5 atom stereocenters. The third-order valence-electron chi connectivity index (χ3n) is 5.89. The van der Waals surface area contributed by atoms with Gasteiger partial charge >= 0.3 is 0 Å². The van der Waals surface area contributed by atoms with Crippen LogP contribution in [0.3, 0.4) is 0 Å². The fraction of sp³-hybridized carbons (Fsp3) is 0.364. The highest BCUT2D eigenvalue weighted by Gasteiger charge is 2.45. The van der Waals surface area contributed by atoms with E-state index in [-0.39, 0.29) is 39.3 Å². The number of phenols is 2. The number of carbonyl (C=O) groups is 2. The molecule has 0 amide bonds. The lowest BCUT2D eigenvalue weighted by atomic mass is 9.81. The third-order valence-corrected chi connectivity index (χ3v) is 5.89. The highest BCUT2D eigenvalue weighted by molar-refractivity contribution is 6.31. The van der Waals surface area contributed by atoms with Gasteiger partial charge in [0.2, 0.25) is 12.1 Å². The number of methoxy groups -OCH3 is 1. The van der Waals surface area contributed by atoms with Crippen molar-refractivity contribution in [2.75, 3.05) is 13.7 Å². The van der Waals surface area contributed by atoms with Crippen molar-refractivity contribution >= 4 is 11.6 Å². The molecule has 0 saturated carbocycles. The predicted octanol–water partition coefficient (Wildman–Crippen LogP) is -0.631. The Labute approximate surface area is 187 Å². The zero-order valence-electron chi connectivity index (χ0n) is 17.6. The molecule has 1 heterocycles. The quantitative estimate of drug-likeness (QED) is 0.290. The van der Waals surface area contributed by atoms with Crippen LogP contribution in [0.2, 0.25) is 0 Å². The van der Waals surface area contributed by atoms with Gasteiger partial charge in [-0.25, -0.2) is 0 Å². The number of aromatic hydroxyl groups is 2. The molecule has 2 aromatic rings. The van der Waals surface area contributed by atoms with Crippen molar-refractivity contribution in [1.82, 2.24) is 0 Å². The first-order valence-corrected chi connectivity index (χ1v) is 9.95. The second kappa shape index (κ2) is 8.28. The summed E-state index contributed by atoms with van der Waals surface area (Å²) in [6.07, 6.45) is -7.85. The maximum Gasteiger partial charge on any atom is 0.229 e. The van der Waals surface area contributed by atoms with Gasteiger partial charge in [-0.05, 0) is 25.1 Å². The number of ketones is 2. The van der Waals surface area contributed by atoms with Crippen LogP contribution in [-0.4, -0.2) is 86.6 Å². The number of aliphatic hydroxyl groups excluding tert-OH is 4. The molecular weight excluding hydrogens is 440 g/mol. The number of hydrogen-bond donors (Lipinski definition) is 6. The molecule has 33 heavy (non-hydrogen) atoms. The van der Waals surface area contributed by atoms with Gasteiger partial charge in [0.15, 0.2) is 5.78 Å². The Morgan fingerprint density at radius 1 is 0.939 bits per heavy atom. The summed E-state index contributed by atoms with van der Waals surface area (Å²) in [5, 5.41) is 60.5. The molecular formula is C22H22O11. The Morgan fingerprint density at radius 3 is 2.27 bits per heavy atom. The predicted molar refractivity (Wildman–Crippen MR) is 109 cm³/mol. The second-order valence-electron chi connectivity index (χ2n) is 7.78. The minimum Gasteiger partial charge on any atom is -0.507 e. The SMILES string of the molecule is COc1ccc(O)c2c1C(=O)c1c(cc(O[C@H]3O[C@@H](CO)[C@H](O)[C@H](O)[C@@H]3O)c(C)c1O)C2=O. The van der Waals surface area contributed by atoms with Gasteiger partial charge in [0.1, 0.15) is 47.4 Å². The average Bonchev–Trinajstić information content (AvgIpc) is 2.80. The van der Waals surface area contributed by atoms with Crippen LogP contribution in [0.4, 0.5) is 0 Å². The van der Waals surface area contributed by atoms with E-state index in [2.05, 4.69) is 0 Å². The number of fused-ring (bicyclic) bond motifs is 2. The molecule has 0 spiro atoms. The smallest absolute Gasteiger partial charge is 0.229 e. The van der Waals surface area contributed by atoms with E-state index in [1.54, 1.807) is 0 Å².